The van der Waals surface area contributed by atoms with E-state index in [4.69, 9.17) is 10.00 Å². The van der Waals surface area contributed by atoms with Crippen molar-refractivity contribution in [1.82, 2.24) is 0 Å². The highest BCUT2D eigenvalue weighted by Gasteiger charge is 2.10. The van der Waals surface area contributed by atoms with Gasteiger partial charge in [0, 0.05) is 0 Å². The summed E-state index contributed by atoms with van der Waals surface area (Å²) in [5, 5.41) is 9.02. The Labute approximate surface area is 105 Å². The van der Waals surface area contributed by atoms with Gasteiger partial charge in [0.25, 0.3) is 0 Å². The van der Waals surface area contributed by atoms with Gasteiger partial charge >= 0.3 is 0 Å². The largest absolute Gasteiger partial charge is 0.453 e. The fraction of sp³-hybridized carbons (Fsp3) is 0.133. The minimum Gasteiger partial charge on any atom is -0.453 e. The van der Waals surface area contributed by atoms with E-state index >= 15 is 0 Å². The number of benzene rings is 2. The average molecular weight is 241 g/mol. The summed E-state index contributed by atoms with van der Waals surface area (Å²) >= 11 is 0. The Morgan fingerprint density at radius 2 is 1.89 bits per heavy atom. The number of hydrogen-bond donors (Lipinski definition) is 0. The normalized spacial score (nSPS) is 9.89. The number of ether oxygens (including phenoxy) is 1. The second kappa shape index (κ2) is 4.89. The van der Waals surface area contributed by atoms with Gasteiger partial charge in [-0.15, -0.1) is 0 Å². The lowest BCUT2D eigenvalue weighted by molar-refractivity contribution is 0.439. The van der Waals surface area contributed by atoms with Gasteiger partial charge < -0.3 is 4.74 Å². The first-order valence-electron chi connectivity index (χ1n) is 5.55. The van der Waals surface area contributed by atoms with Crippen molar-refractivity contribution in [1.29, 1.82) is 5.26 Å². The minimum atomic E-state index is -0.401. The zero-order valence-corrected chi connectivity index (χ0v) is 10.2. The third kappa shape index (κ3) is 2.33. The van der Waals surface area contributed by atoms with Crippen LogP contribution in [-0.4, -0.2) is 0 Å². The molecule has 2 aromatic rings. The van der Waals surface area contributed by atoms with Crippen molar-refractivity contribution in [2.24, 2.45) is 0 Å². The molecule has 90 valence electrons. The molecule has 0 saturated carbocycles. The monoisotopic (exact) mass is 241 g/mol. The predicted octanol–water partition coefficient (Wildman–Crippen LogP) is 4.11. The summed E-state index contributed by atoms with van der Waals surface area (Å²) < 4.78 is 19.3. The van der Waals surface area contributed by atoms with Gasteiger partial charge in [-0.2, -0.15) is 5.26 Å². The molecule has 0 spiro atoms. The first kappa shape index (κ1) is 12.1. The molecule has 0 unspecified atom stereocenters. The Bertz CT molecular complexity index is 629. The minimum absolute atomic E-state index is 0.135. The van der Waals surface area contributed by atoms with Crippen LogP contribution in [0.25, 0.3) is 0 Å². The number of nitrogens with zero attached hydrogens (tertiary/aromatic N) is 1. The van der Waals surface area contributed by atoms with Gasteiger partial charge in [-0.05, 0) is 43.2 Å². The first-order chi connectivity index (χ1) is 8.61. The molecule has 0 N–H and O–H groups in total. The molecule has 2 rings (SSSR count). The number of rotatable bonds is 2. The molecule has 2 nitrogen and oxygen atoms in total. The van der Waals surface area contributed by atoms with E-state index in [0.29, 0.717) is 16.9 Å². The first-order valence-corrected chi connectivity index (χ1v) is 5.55. The fourth-order valence-corrected chi connectivity index (χ4v) is 1.64. The quantitative estimate of drug-likeness (QED) is 0.792. The molecule has 0 amide bonds. The van der Waals surface area contributed by atoms with Crippen LogP contribution in [0, 0.1) is 31.0 Å². The van der Waals surface area contributed by atoms with E-state index in [1.54, 1.807) is 37.3 Å². The molecule has 0 atom stereocenters. The third-order valence-electron chi connectivity index (χ3n) is 2.63. The molecular formula is C15H12FNO. The van der Waals surface area contributed by atoms with Crippen LogP contribution in [0.2, 0.25) is 0 Å². The summed E-state index contributed by atoms with van der Waals surface area (Å²) in [6.45, 7) is 3.56. The van der Waals surface area contributed by atoms with Crippen molar-refractivity contribution >= 4 is 0 Å². The van der Waals surface area contributed by atoms with Crippen molar-refractivity contribution in [3.63, 3.8) is 0 Å². The van der Waals surface area contributed by atoms with E-state index in [-0.39, 0.29) is 5.75 Å². The molecule has 2 aromatic carbocycles. The van der Waals surface area contributed by atoms with E-state index < -0.39 is 5.82 Å². The lowest BCUT2D eigenvalue weighted by Gasteiger charge is -2.09. The van der Waals surface area contributed by atoms with Gasteiger partial charge in [0.15, 0.2) is 11.6 Å². The number of aryl methyl sites for hydroxylation is 2. The van der Waals surface area contributed by atoms with Crippen molar-refractivity contribution < 1.29 is 9.13 Å². The molecule has 0 heterocycles. The molecule has 0 radical (unpaired) electrons. The SMILES string of the molecule is Cc1ccc(Oc2cccc(C)c2F)c(C#N)c1. The summed E-state index contributed by atoms with van der Waals surface area (Å²) in [6.07, 6.45) is 0. The second-order valence-corrected chi connectivity index (χ2v) is 4.10. The highest BCUT2D eigenvalue weighted by Crippen LogP contribution is 2.28. The Kier molecular flexibility index (Phi) is 3.29. The second-order valence-electron chi connectivity index (χ2n) is 4.10. The Morgan fingerprint density at radius 1 is 1.11 bits per heavy atom. The van der Waals surface area contributed by atoms with Crippen molar-refractivity contribution in [2.45, 2.75) is 13.8 Å². The Hall–Kier alpha value is -2.34. The van der Waals surface area contributed by atoms with Crippen molar-refractivity contribution in [3.05, 3.63) is 58.9 Å². The predicted molar refractivity (Wildman–Crippen MR) is 67.1 cm³/mol. The Balaban J connectivity index is 2.41. The zero-order chi connectivity index (χ0) is 13.1. The van der Waals surface area contributed by atoms with Crippen LogP contribution < -0.4 is 4.74 Å². The maximum absolute atomic E-state index is 13.8. The van der Waals surface area contributed by atoms with E-state index in [1.165, 1.54) is 0 Å². The summed E-state index contributed by atoms with van der Waals surface area (Å²) in [4.78, 5) is 0. The highest BCUT2D eigenvalue weighted by atomic mass is 19.1. The lowest BCUT2D eigenvalue weighted by Crippen LogP contribution is -1.93. The summed E-state index contributed by atoms with van der Waals surface area (Å²) in [5.74, 6) is 0.102. The molecule has 0 fully saturated rings. The van der Waals surface area contributed by atoms with E-state index in [1.807, 2.05) is 19.1 Å². The molecular weight excluding hydrogens is 229 g/mol. The third-order valence-corrected chi connectivity index (χ3v) is 2.63. The summed E-state index contributed by atoms with van der Waals surface area (Å²) in [7, 11) is 0. The molecule has 0 aliphatic carbocycles. The van der Waals surface area contributed by atoms with Gasteiger partial charge in [0.1, 0.15) is 11.8 Å². The van der Waals surface area contributed by atoms with Gasteiger partial charge in [-0.25, -0.2) is 4.39 Å². The highest BCUT2D eigenvalue weighted by molar-refractivity contribution is 5.47. The Morgan fingerprint density at radius 3 is 2.61 bits per heavy atom. The number of halogens is 1. The van der Waals surface area contributed by atoms with Crippen LogP contribution in [0.1, 0.15) is 16.7 Å². The number of hydrogen-bond acceptors (Lipinski definition) is 2. The maximum Gasteiger partial charge on any atom is 0.168 e. The standard InChI is InChI=1S/C15H12FNO/c1-10-6-7-13(12(8-10)9-17)18-14-5-3-4-11(2)15(14)16/h3-8H,1-2H3. The summed E-state index contributed by atoms with van der Waals surface area (Å²) in [6, 6.07) is 12.2. The van der Waals surface area contributed by atoms with Crippen molar-refractivity contribution in [2.75, 3.05) is 0 Å². The van der Waals surface area contributed by atoms with Gasteiger partial charge in [-0.3, -0.25) is 0 Å². The fourth-order valence-electron chi connectivity index (χ4n) is 1.64. The molecule has 18 heavy (non-hydrogen) atoms. The molecule has 0 aliphatic rings. The van der Waals surface area contributed by atoms with Gasteiger partial charge in [0.05, 0.1) is 5.56 Å². The molecule has 0 bridgehead atoms. The van der Waals surface area contributed by atoms with Crippen LogP contribution >= 0.6 is 0 Å². The zero-order valence-electron chi connectivity index (χ0n) is 10.2. The van der Waals surface area contributed by atoms with Gasteiger partial charge in [0.2, 0.25) is 0 Å². The van der Waals surface area contributed by atoms with Crippen LogP contribution in [-0.2, 0) is 0 Å². The van der Waals surface area contributed by atoms with Crippen LogP contribution in [0.3, 0.4) is 0 Å². The topological polar surface area (TPSA) is 33.0 Å². The average Bonchev–Trinajstić information content (AvgIpc) is 2.37. The van der Waals surface area contributed by atoms with E-state index in [2.05, 4.69) is 0 Å². The van der Waals surface area contributed by atoms with Crippen LogP contribution in [0.5, 0.6) is 11.5 Å². The van der Waals surface area contributed by atoms with E-state index in [9.17, 15) is 4.39 Å². The van der Waals surface area contributed by atoms with Crippen molar-refractivity contribution in [3.8, 4) is 17.6 Å². The van der Waals surface area contributed by atoms with Gasteiger partial charge in [-0.1, -0.05) is 18.2 Å². The molecule has 0 aliphatic heterocycles. The number of nitriles is 1. The van der Waals surface area contributed by atoms with Crippen LogP contribution in [0.15, 0.2) is 36.4 Å². The molecule has 0 aromatic heterocycles. The lowest BCUT2D eigenvalue weighted by atomic mass is 10.1. The summed E-state index contributed by atoms with van der Waals surface area (Å²) in [5.41, 5.74) is 1.87. The molecule has 3 heteroatoms. The maximum atomic E-state index is 13.8. The molecule has 0 saturated heterocycles. The van der Waals surface area contributed by atoms with Crippen LogP contribution in [0.4, 0.5) is 4.39 Å². The smallest absolute Gasteiger partial charge is 0.168 e. The van der Waals surface area contributed by atoms with E-state index in [0.717, 1.165) is 5.56 Å².